The normalized spacial score (nSPS) is 17.5. The van der Waals surface area contributed by atoms with Gasteiger partial charge < -0.3 is 14.8 Å². The van der Waals surface area contributed by atoms with Gasteiger partial charge in [0.05, 0.1) is 11.9 Å². The van der Waals surface area contributed by atoms with Crippen molar-refractivity contribution in [1.82, 2.24) is 14.5 Å². The van der Waals surface area contributed by atoms with Crippen molar-refractivity contribution < 1.29 is 9.59 Å². The minimum Gasteiger partial charge on any atom is -0.340 e. The Labute approximate surface area is 172 Å². The van der Waals surface area contributed by atoms with Crippen LogP contribution in [0, 0.1) is 5.92 Å². The Morgan fingerprint density at radius 1 is 1.07 bits per heavy atom. The summed E-state index contributed by atoms with van der Waals surface area (Å²) in [4.78, 5) is 30.7. The van der Waals surface area contributed by atoms with Crippen molar-refractivity contribution in [3.05, 3.63) is 36.3 Å². The second kappa shape index (κ2) is 8.80. The third kappa shape index (κ3) is 4.69. The molecule has 2 aliphatic rings. The number of amides is 2. The van der Waals surface area contributed by atoms with Gasteiger partial charge in [-0.15, -0.1) is 0 Å². The molecule has 1 aliphatic heterocycles. The maximum atomic E-state index is 12.8. The summed E-state index contributed by atoms with van der Waals surface area (Å²) in [7, 11) is 0. The van der Waals surface area contributed by atoms with E-state index in [4.69, 9.17) is 0 Å². The first-order valence-corrected chi connectivity index (χ1v) is 10.8. The standard InChI is InChI=1S/C23H30N4O2/c1-17(28)25-20-9-7-19(8-10-20)21-16-24-22-11-12-26(13-14-27(21)22)23(29)15-18-5-3-2-4-6-18/h7-10,16,18H,2-6,11-15H2,1H3,(H,25,28). The van der Waals surface area contributed by atoms with E-state index >= 15 is 0 Å². The molecule has 0 spiro atoms. The smallest absolute Gasteiger partial charge is 0.222 e. The van der Waals surface area contributed by atoms with Crippen molar-refractivity contribution in [2.45, 2.75) is 58.4 Å². The van der Waals surface area contributed by atoms with E-state index in [2.05, 4.69) is 14.9 Å². The summed E-state index contributed by atoms with van der Waals surface area (Å²) in [6.07, 6.45) is 9.71. The number of imidazole rings is 1. The molecular formula is C23H30N4O2. The van der Waals surface area contributed by atoms with Crippen LogP contribution in [-0.4, -0.2) is 39.4 Å². The highest BCUT2D eigenvalue weighted by Crippen LogP contribution is 2.28. The van der Waals surface area contributed by atoms with E-state index in [0.717, 1.165) is 48.8 Å². The second-order valence-electron chi connectivity index (χ2n) is 8.31. The maximum absolute atomic E-state index is 12.8. The van der Waals surface area contributed by atoms with E-state index < -0.39 is 0 Å². The number of aromatic nitrogens is 2. The molecule has 0 bridgehead atoms. The molecule has 1 aromatic carbocycles. The summed E-state index contributed by atoms with van der Waals surface area (Å²) < 4.78 is 2.24. The average Bonchev–Trinajstić information content (AvgIpc) is 2.99. The van der Waals surface area contributed by atoms with Gasteiger partial charge in [0, 0.05) is 45.1 Å². The van der Waals surface area contributed by atoms with Gasteiger partial charge in [0.15, 0.2) is 0 Å². The van der Waals surface area contributed by atoms with Crippen molar-refractivity contribution >= 4 is 17.5 Å². The first-order chi connectivity index (χ1) is 14.1. The zero-order valence-electron chi connectivity index (χ0n) is 17.2. The van der Waals surface area contributed by atoms with E-state index in [1.807, 2.05) is 35.4 Å². The van der Waals surface area contributed by atoms with Crippen LogP contribution < -0.4 is 5.32 Å². The molecular weight excluding hydrogens is 364 g/mol. The molecule has 2 aromatic rings. The fraction of sp³-hybridized carbons (Fsp3) is 0.522. The zero-order valence-corrected chi connectivity index (χ0v) is 17.2. The summed E-state index contributed by atoms with van der Waals surface area (Å²) in [6.45, 7) is 3.77. The van der Waals surface area contributed by atoms with Gasteiger partial charge in [0.2, 0.25) is 11.8 Å². The minimum atomic E-state index is -0.0750. The molecule has 1 saturated carbocycles. The Hall–Kier alpha value is -2.63. The van der Waals surface area contributed by atoms with Gasteiger partial charge in [-0.3, -0.25) is 9.59 Å². The van der Waals surface area contributed by atoms with Gasteiger partial charge in [-0.1, -0.05) is 31.4 Å². The highest BCUT2D eigenvalue weighted by Gasteiger charge is 2.24. The Kier molecular flexibility index (Phi) is 5.97. The van der Waals surface area contributed by atoms with E-state index in [1.165, 1.54) is 39.0 Å². The number of hydrogen-bond donors (Lipinski definition) is 1. The number of anilines is 1. The SMILES string of the molecule is CC(=O)Nc1ccc(-c2cnc3n2CCN(C(=O)CC2CCCCC2)CC3)cc1. The molecule has 6 heteroatoms. The van der Waals surface area contributed by atoms with Gasteiger partial charge >= 0.3 is 0 Å². The summed E-state index contributed by atoms with van der Waals surface area (Å²) in [5, 5.41) is 2.80. The highest BCUT2D eigenvalue weighted by atomic mass is 16.2. The lowest BCUT2D eigenvalue weighted by Gasteiger charge is -2.25. The molecule has 154 valence electrons. The van der Waals surface area contributed by atoms with Crippen LogP contribution in [0.3, 0.4) is 0 Å². The summed E-state index contributed by atoms with van der Waals surface area (Å²) in [5.41, 5.74) is 2.92. The molecule has 1 aliphatic carbocycles. The molecule has 2 amide bonds. The van der Waals surface area contributed by atoms with Crippen LogP contribution in [0.2, 0.25) is 0 Å². The molecule has 4 rings (SSSR count). The highest BCUT2D eigenvalue weighted by molar-refractivity contribution is 5.88. The molecule has 1 N–H and O–H groups in total. The third-order valence-electron chi connectivity index (χ3n) is 6.18. The van der Waals surface area contributed by atoms with Gasteiger partial charge in [0.1, 0.15) is 5.82 Å². The molecule has 6 nitrogen and oxygen atoms in total. The molecule has 0 unspecified atom stereocenters. The maximum Gasteiger partial charge on any atom is 0.222 e. The molecule has 2 heterocycles. The number of carbonyl (C=O) groups is 2. The van der Waals surface area contributed by atoms with Crippen LogP contribution in [0.1, 0.15) is 51.3 Å². The molecule has 1 aromatic heterocycles. The van der Waals surface area contributed by atoms with Crippen molar-refractivity contribution in [2.24, 2.45) is 5.92 Å². The van der Waals surface area contributed by atoms with Gasteiger partial charge in [-0.2, -0.15) is 0 Å². The fourth-order valence-electron chi connectivity index (χ4n) is 4.61. The lowest BCUT2D eigenvalue weighted by atomic mass is 9.86. The quantitative estimate of drug-likeness (QED) is 0.856. The Morgan fingerprint density at radius 3 is 2.55 bits per heavy atom. The van der Waals surface area contributed by atoms with Crippen LogP contribution in [0.4, 0.5) is 5.69 Å². The average molecular weight is 395 g/mol. The van der Waals surface area contributed by atoms with Crippen LogP contribution in [0.25, 0.3) is 11.3 Å². The van der Waals surface area contributed by atoms with Crippen molar-refractivity contribution in [2.75, 3.05) is 18.4 Å². The number of nitrogens with zero attached hydrogens (tertiary/aromatic N) is 3. The third-order valence-corrected chi connectivity index (χ3v) is 6.18. The van der Waals surface area contributed by atoms with Gasteiger partial charge in [0.25, 0.3) is 0 Å². The topological polar surface area (TPSA) is 67.2 Å². The second-order valence-corrected chi connectivity index (χ2v) is 8.31. The van der Waals surface area contributed by atoms with Crippen molar-refractivity contribution in [3.63, 3.8) is 0 Å². The van der Waals surface area contributed by atoms with Crippen LogP contribution in [0.15, 0.2) is 30.5 Å². The predicted molar refractivity (Wildman–Crippen MR) is 113 cm³/mol. The first-order valence-electron chi connectivity index (χ1n) is 10.8. The monoisotopic (exact) mass is 394 g/mol. The number of fused-ring (bicyclic) bond motifs is 1. The Bertz CT molecular complexity index is 866. The number of nitrogens with one attached hydrogen (secondary N) is 1. The van der Waals surface area contributed by atoms with E-state index in [-0.39, 0.29) is 5.91 Å². The van der Waals surface area contributed by atoms with Crippen molar-refractivity contribution in [1.29, 1.82) is 0 Å². The Morgan fingerprint density at radius 2 is 1.83 bits per heavy atom. The van der Waals surface area contributed by atoms with Crippen LogP contribution in [0.5, 0.6) is 0 Å². The largest absolute Gasteiger partial charge is 0.340 e. The fourth-order valence-corrected chi connectivity index (χ4v) is 4.61. The molecule has 0 saturated heterocycles. The summed E-state index contributed by atoms with van der Waals surface area (Å²) in [6, 6.07) is 7.83. The molecule has 1 fully saturated rings. The van der Waals surface area contributed by atoms with E-state index in [0.29, 0.717) is 18.2 Å². The van der Waals surface area contributed by atoms with E-state index in [1.54, 1.807) is 0 Å². The number of rotatable bonds is 4. The van der Waals surface area contributed by atoms with E-state index in [9.17, 15) is 9.59 Å². The Balaban J connectivity index is 1.42. The lowest BCUT2D eigenvalue weighted by Crippen LogP contribution is -2.35. The number of benzene rings is 1. The first kappa shape index (κ1) is 19.7. The number of hydrogen-bond acceptors (Lipinski definition) is 3. The summed E-state index contributed by atoms with van der Waals surface area (Å²) >= 11 is 0. The number of carbonyl (C=O) groups excluding carboxylic acids is 2. The van der Waals surface area contributed by atoms with Gasteiger partial charge in [-0.25, -0.2) is 4.98 Å². The minimum absolute atomic E-state index is 0.0750. The zero-order chi connectivity index (χ0) is 20.2. The predicted octanol–water partition coefficient (Wildman–Crippen LogP) is 3.86. The summed E-state index contributed by atoms with van der Waals surface area (Å²) in [5.74, 6) is 1.85. The molecule has 29 heavy (non-hydrogen) atoms. The van der Waals surface area contributed by atoms with Gasteiger partial charge in [-0.05, 0) is 36.5 Å². The van der Waals surface area contributed by atoms with Crippen LogP contribution >= 0.6 is 0 Å². The molecule has 0 atom stereocenters. The lowest BCUT2D eigenvalue weighted by molar-refractivity contribution is -0.132. The van der Waals surface area contributed by atoms with Crippen LogP contribution in [-0.2, 0) is 22.6 Å². The van der Waals surface area contributed by atoms with Crippen molar-refractivity contribution in [3.8, 4) is 11.3 Å². The molecule has 0 radical (unpaired) electrons.